The molecule has 0 aliphatic heterocycles. The van der Waals surface area contributed by atoms with E-state index in [1.165, 1.54) is 0 Å². The maximum Gasteiger partial charge on any atom is 0.408 e. The van der Waals surface area contributed by atoms with Gasteiger partial charge in [-0.25, -0.2) is 9.59 Å². The number of ether oxygens (including phenoxy) is 2. The Hall–Kier alpha value is -2.83. The summed E-state index contributed by atoms with van der Waals surface area (Å²) in [5.41, 5.74) is 0.991. The molecule has 7 heteroatoms. The Labute approximate surface area is 159 Å². The van der Waals surface area contributed by atoms with Crippen molar-refractivity contribution in [2.45, 2.75) is 52.7 Å². The summed E-state index contributed by atoms with van der Waals surface area (Å²) in [6.07, 6.45) is 2.77. The molecule has 2 aromatic rings. The number of amides is 1. The van der Waals surface area contributed by atoms with E-state index in [4.69, 9.17) is 9.47 Å². The Morgan fingerprint density at radius 2 is 1.78 bits per heavy atom. The highest BCUT2D eigenvalue weighted by Gasteiger charge is 2.32. The molecule has 0 fully saturated rings. The van der Waals surface area contributed by atoms with Crippen molar-refractivity contribution in [2.75, 3.05) is 6.61 Å². The van der Waals surface area contributed by atoms with Crippen LogP contribution in [0.15, 0.2) is 30.6 Å². The fraction of sp³-hybridized carbons (Fsp3) is 0.450. The average molecular weight is 373 g/mol. The molecule has 2 N–H and O–H groups in total. The fourth-order valence-corrected chi connectivity index (χ4v) is 2.63. The molecule has 0 radical (unpaired) electrons. The van der Waals surface area contributed by atoms with Crippen molar-refractivity contribution in [1.82, 2.24) is 15.3 Å². The SMILES string of the molecule is CCOC(=O)c1cc(-c2ccncc2)[nH]c1C(C)(C)NC(=O)OC(C)(C)C. The zero-order valence-electron chi connectivity index (χ0n) is 16.7. The maximum atomic E-state index is 12.5. The Kier molecular flexibility index (Phi) is 5.93. The van der Waals surface area contributed by atoms with Crippen LogP contribution in [0.2, 0.25) is 0 Å². The molecule has 2 rings (SSSR count). The summed E-state index contributed by atoms with van der Waals surface area (Å²) in [4.78, 5) is 32.0. The van der Waals surface area contributed by atoms with Crippen LogP contribution in [0.3, 0.4) is 0 Å². The van der Waals surface area contributed by atoms with Gasteiger partial charge in [-0.1, -0.05) is 0 Å². The highest BCUT2D eigenvalue weighted by atomic mass is 16.6. The minimum atomic E-state index is -0.893. The molecular weight excluding hydrogens is 346 g/mol. The molecule has 1 amide bonds. The van der Waals surface area contributed by atoms with E-state index in [1.807, 2.05) is 12.1 Å². The standard InChI is InChI=1S/C20H27N3O4/c1-7-26-17(24)14-12-15(13-8-10-21-11-9-13)22-16(14)20(5,6)23-18(25)27-19(2,3)4/h8-12,22H,7H2,1-6H3,(H,23,25). The molecule has 0 bridgehead atoms. The molecule has 27 heavy (non-hydrogen) atoms. The molecule has 0 aromatic carbocycles. The van der Waals surface area contributed by atoms with E-state index >= 15 is 0 Å². The number of aromatic nitrogens is 2. The van der Waals surface area contributed by atoms with Gasteiger partial charge < -0.3 is 19.8 Å². The molecule has 2 aromatic heterocycles. The first kappa shape index (κ1) is 20.5. The lowest BCUT2D eigenvalue weighted by atomic mass is 9.97. The zero-order valence-corrected chi connectivity index (χ0v) is 16.7. The molecule has 0 saturated heterocycles. The Bertz CT molecular complexity index is 804. The van der Waals surface area contributed by atoms with Crippen molar-refractivity contribution in [3.8, 4) is 11.3 Å². The van der Waals surface area contributed by atoms with Gasteiger partial charge in [0.05, 0.1) is 23.4 Å². The molecule has 0 aliphatic rings. The third kappa shape index (κ3) is 5.32. The predicted molar refractivity (Wildman–Crippen MR) is 102 cm³/mol. The number of carbonyl (C=O) groups is 2. The van der Waals surface area contributed by atoms with E-state index in [1.54, 1.807) is 60.0 Å². The minimum Gasteiger partial charge on any atom is -0.462 e. The van der Waals surface area contributed by atoms with Crippen LogP contribution in [0.5, 0.6) is 0 Å². The molecule has 0 atom stereocenters. The first-order valence-electron chi connectivity index (χ1n) is 8.85. The lowest BCUT2D eigenvalue weighted by Crippen LogP contribution is -2.44. The van der Waals surface area contributed by atoms with Gasteiger partial charge in [0.25, 0.3) is 0 Å². The second kappa shape index (κ2) is 7.82. The quantitative estimate of drug-likeness (QED) is 0.772. The molecule has 146 valence electrons. The normalized spacial score (nSPS) is 11.8. The zero-order chi connectivity index (χ0) is 20.2. The lowest BCUT2D eigenvalue weighted by molar-refractivity contribution is 0.0454. The van der Waals surface area contributed by atoms with Gasteiger partial charge in [0.2, 0.25) is 0 Å². The highest BCUT2D eigenvalue weighted by Crippen LogP contribution is 2.29. The van der Waals surface area contributed by atoms with E-state index in [-0.39, 0.29) is 6.61 Å². The fourth-order valence-electron chi connectivity index (χ4n) is 2.63. The van der Waals surface area contributed by atoms with E-state index in [9.17, 15) is 9.59 Å². The van der Waals surface area contributed by atoms with E-state index in [0.29, 0.717) is 11.3 Å². The van der Waals surface area contributed by atoms with Crippen LogP contribution in [0.1, 0.15) is 57.6 Å². The van der Waals surface area contributed by atoms with Crippen molar-refractivity contribution in [1.29, 1.82) is 0 Å². The Morgan fingerprint density at radius 3 is 2.33 bits per heavy atom. The summed E-state index contributed by atoms with van der Waals surface area (Å²) in [5, 5.41) is 2.82. The monoisotopic (exact) mass is 373 g/mol. The van der Waals surface area contributed by atoms with Crippen molar-refractivity contribution in [3.63, 3.8) is 0 Å². The van der Waals surface area contributed by atoms with E-state index in [0.717, 1.165) is 11.3 Å². The van der Waals surface area contributed by atoms with Crippen LogP contribution in [-0.4, -0.2) is 34.2 Å². The number of carbonyl (C=O) groups excluding carboxylic acids is 2. The van der Waals surface area contributed by atoms with Crippen molar-refractivity contribution < 1.29 is 19.1 Å². The van der Waals surface area contributed by atoms with Crippen LogP contribution in [0.4, 0.5) is 4.79 Å². The van der Waals surface area contributed by atoms with E-state index in [2.05, 4.69) is 15.3 Å². The Balaban J connectivity index is 2.41. The predicted octanol–water partition coefficient (Wildman–Crippen LogP) is 4.01. The second-order valence-electron chi connectivity index (χ2n) is 7.68. The molecule has 7 nitrogen and oxygen atoms in total. The number of nitrogens with zero attached hydrogens (tertiary/aromatic N) is 1. The van der Waals surface area contributed by atoms with Gasteiger partial charge in [-0.15, -0.1) is 0 Å². The number of H-pyrrole nitrogens is 1. The van der Waals surface area contributed by atoms with E-state index < -0.39 is 23.2 Å². The Morgan fingerprint density at radius 1 is 1.15 bits per heavy atom. The number of hydrogen-bond acceptors (Lipinski definition) is 5. The third-order valence-corrected chi connectivity index (χ3v) is 3.74. The summed E-state index contributed by atoms with van der Waals surface area (Å²) in [5.74, 6) is -0.455. The number of hydrogen-bond donors (Lipinski definition) is 2. The first-order chi connectivity index (χ1) is 12.5. The molecule has 2 heterocycles. The van der Waals surface area contributed by atoms with Crippen LogP contribution >= 0.6 is 0 Å². The first-order valence-corrected chi connectivity index (χ1v) is 8.85. The molecular formula is C20H27N3O4. The topological polar surface area (TPSA) is 93.3 Å². The molecule has 0 aliphatic carbocycles. The van der Waals surface area contributed by atoms with Gasteiger partial charge in [-0.2, -0.15) is 0 Å². The van der Waals surface area contributed by atoms with Gasteiger partial charge in [-0.05, 0) is 59.7 Å². The van der Waals surface area contributed by atoms with Gasteiger partial charge in [-0.3, -0.25) is 4.98 Å². The van der Waals surface area contributed by atoms with Crippen LogP contribution in [0.25, 0.3) is 11.3 Å². The number of esters is 1. The number of pyridine rings is 1. The number of alkyl carbamates (subject to hydrolysis) is 1. The van der Waals surface area contributed by atoms with Crippen LogP contribution < -0.4 is 5.32 Å². The van der Waals surface area contributed by atoms with Gasteiger partial charge >= 0.3 is 12.1 Å². The maximum absolute atomic E-state index is 12.5. The summed E-state index contributed by atoms with van der Waals surface area (Å²) >= 11 is 0. The second-order valence-corrected chi connectivity index (χ2v) is 7.68. The number of nitrogens with one attached hydrogen (secondary N) is 2. The lowest BCUT2D eigenvalue weighted by Gasteiger charge is -2.28. The highest BCUT2D eigenvalue weighted by molar-refractivity contribution is 5.93. The molecule has 0 spiro atoms. The summed E-state index contributed by atoms with van der Waals surface area (Å²) < 4.78 is 10.5. The van der Waals surface area contributed by atoms with Gasteiger partial charge in [0, 0.05) is 23.7 Å². The average Bonchev–Trinajstić information content (AvgIpc) is 3.00. The van der Waals surface area contributed by atoms with Crippen molar-refractivity contribution >= 4 is 12.1 Å². The van der Waals surface area contributed by atoms with Crippen LogP contribution in [0, 0.1) is 0 Å². The summed E-state index contributed by atoms with van der Waals surface area (Å²) in [7, 11) is 0. The summed E-state index contributed by atoms with van der Waals surface area (Å²) in [6.45, 7) is 11.0. The number of aromatic amines is 1. The van der Waals surface area contributed by atoms with Gasteiger partial charge in [0.15, 0.2) is 0 Å². The smallest absolute Gasteiger partial charge is 0.408 e. The van der Waals surface area contributed by atoms with Crippen molar-refractivity contribution in [3.05, 3.63) is 41.9 Å². The van der Waals surface area contributed by atoms with Crippen LogP contribution in [-0.2, 0) is 15.0 Å². The molecule has 0 unspecified atom stereocenters. The number of rotatable bonds is 5. The third-order valence-electron chi connectivity index (χ3n) is 3.74. The van der Waals surface area contributed by atoms with Gasteiger partial charge in [0.1, 0.15) is 5.60 Å². The summed E-state index contributed by atoms with van der Waals surface area (Å²) in [6, 6.07) is 5.39. The largest absolute Gasteiger partial charge is 0.462 e. The minimum absolute atomic E-state index is 0.258. The van der Waals surface area contributed by atoms with Crippen molar-refractivity contribution in [2.24, 2.45) is 0 Å². The molecule has 0 saturated carbocycles.